The van der Waals surface area contributed by atoms with Crippen LogP contribution in [0.4, 0.5) is 0 Å². The first kappa shape index (κ1) is 26.6. The lowest BCUT2D eigenvalue weighted by Crippen LogP contribution is -2.44. The second-order valence-corrected chi connectivity index (χ2v) is 9.01. The number of ether oxygens (including phenoxy) is 4. The van der Waals surface area contributed by atoms with Gasteiger partial charge >= 0.3 is 0 Å². The Balaban J connectivity index is 1.71. The lowest BCUT2D eigenvalue weighted by atomic mass is 10.0. The Bertz CT molecular complexity index is 1020. The number of rotatable bonds is 11. The fourth-order valence-electron chi connectivity index (χ4n) is 4.30. The van der Waals surface area contributed by atoms with Gasteiger partial charge in [-0.2, -0.15) is 0 Å². The van der Waals surface area contributed by atoms with E-state index in [0.717, 1.165) is 73.4 Å². The molecule has 1 saturated heterocycles. The molecule has 1 aliphatic rings. The smallest absolute Gasteiger partial charge is 0.146 e. The number of carbonyl (C=O) groups excluding carboxylic acids is 1. The van der Waals surface area contributed by atoms with E-state index in [2.05, 4.69) is 16.8 Å². The number of allylic oxidation sites excluding steroid dienone is 1. The summed E-state index contributed by atoms with van der Waals surface area (Å²) >= 11 is 0. The fraction of sp³-hybridized carbons (Fsp3) is 0.464. The molecule has 0 spiro atoms. The molecule has 0 N–H and O–H groups in total. The van der Waals surface area contributed by atoms with E-state index in [1.54, 1.807) is 26.4 Å². The minimum Gasteiger partial charge on any atom is -0.496 e. The first-order valence-corrected chi connectivity index (χ1v) is 12.1. The van der Waals surface area contributed by atoms with E-state index in [-0.39, 0.29) is 0 Å². The van der Waals surface area contributed by atoms with E-state index >= 15 is 0 Å². The van der Waals surface area contributed by atoms with Crippen LogP contribution in [0.2, 0.25) is 0 Å². The van der Waals surface area contributed by atoms with E-state index in [1.165, 1.54) is 6.08 Å². The van der Waals surface area contributed by atoms with Crippen LogP contribution < -0.4 is 18.9 Å². The van der Waals surface area contributed by atoms with Crippen LogP contribution in [-0.4, -0.2) is 76.7 Å². The van der Waals surface area contributed by atoms with Crippen LogP contribution in [0.3, 0.4) is 0 Å². The highest BCUT2D eigenvalue weighted by Gasteiger charge is 2.16. The Morgan fingerprint density at radius 1 is 0.943 bits per heavy atom. The van der Waals surface area contributed by atoms with Gasteiger partial charge in [0, 0.05) is 62.1 Å². The largest absolute Gasteiger partial charge is 0.496 e. The zero-order chi connectivity index (χ0) is 25.4. The van der Waals surface area contributed by atoms with Crippen molar-refractivity contribution in [2.75, 3.05) is 60.6 Å². The summed E-state index contributed by atoms with van der Waals surface area (Å²) in [7, 11) is 5.36. The molecule has 0 aromatic heterocycles. The highest BCUT2D eigenvalue weighted by molar-refractivity contribution is 5.80. The summed E-state index contributed by atoms with van der Waals surface area (Å²) in [4.78, 5) is 16.3. The van der Waals surface area contributed by atoms with Crippen molar-refractivity contribution in [3.8, 4) is 23.0 Å². The second kappa shape index (κ2) is 12.6. The van der Waals surface area contributed by atoms with Crippen molar-refractivity contribution in [2.24, 2.45) is 0 Å². The number of aryl methyl sites for hydroxylation is 2. The summed E-state index contributed by atoms with van der Waals surface area (Å²) in [6, 6.07) is 7.57. The molecule has 0 radical (unpaired) electrons. The topological polar surface area (TPSA) is 60.5 Å². The molecular formula is C28H38N2O5. The average Bonchev–Trinajstić information content (AvgIpc) is 2.84. The van der Waals surface area contributed by atoms with Crippen LogP contribution in [0.15, 0.2) is 30.3 Å². The maximum Gasteiger partial charge on any atom is 0.146 e. The molecule has 0 unspecified atom stereocenters. The van der Waals surface area contributed by atoms with Gasteiger partial charge in [-0.15, -0.1) is 0 Å². The van der Waals surface area contributed by atoms with Crippen molar-refractivity contribution in [1.82, 2.24) is 9.80 Å². The SMILES string of the molecule is COc1cc(OC)c(C)c(O/C(=C\C=O)c2cc(C)c(OCCCN3CCN(C)CC3)c(C)c2)c1. The lowest BCUT2D eigenvalue weighted by Gasteiger charge is -2.32. The van der Waals surface area contributed by atoms with Crippen molar-refractivity contribution in [3.05, 3.63) is 52.6 Å². The summed E-state index contributed by atoms with van der Waals surface area (Å²) < 4.78 is 23.2. The number of piperazine rings is 1. The van der Waals surface area contributed by atoms with Gasteiger partial charge in [-0.1, -0.05) is 0 Å². The molecule has 0 saturated carbocycles. The second-order valence-electron chi connectivity index (χ2n) is 9.01. The van der Waals surface area contributed by atoms with Crippen LogP contribution >= 0.6 is 0 Å². The summed E-state index contributed by atoms with van der Waals surface area (Å²) in [5.74, 6) is 3.16. The number of benzene rings is 2. The minimum absolute atomic E-state index is 0.450. The monoisotopic (exact) mass is 482 g/mol. The average molecular weight is 483 g/mol. The van der Waals surface area contributed by atoms with Crippen molar-refractivity contribution >= 4 is 12.0 Å². The molecule has 2 aromatic carbocycles. The van der Waals surface area contributed by atoms with Crippen molar-refractivity contribution in [1.29, 1.82) is 0 Å². The van der Waals surface area contributed by atoms with Gasteiger partial charge in [-0.05, 0) is 57.5 Å². The lowest BCUT2D eigenvalue weighted by molar-refractivity contribution is -0.104. The quantitative estimate of drug-likeness (QED) is 0.205. The molecule has 7 nitrogen and oxygen atoms in total. The summed E-state index contributed by atoms with van der Waals surface area (Å²) in [6.45, 7) is 12.2. The van der Waals surface area contributed by atoms with Gasteiger partial charge in [-0.25, -0.2) is 0 Å². The first-order chi connectivity index (χ1) is 16.9. The van der Waals surface area contributed by atoms with Crippen LogP contribution in [-0.2, 0) is 4.79 Å². The molecule has 2 aromatic rings. The Labute approximate surface area is 209 Å². The molecule has 1 heterocycles. The number of likely N-dealkylation sites (N-methyl/N-ethyl adjacent to an activating group) is 1. The van der Waals surface area contributed by atoms with Gasteiger partial charge in [-0.3, -0.25) is 4.79 Å². The number of aldehydes is 1. The maximum absolute atomic E-state index is 11.4. The fourth-order valence-corrected chi connectivity index (χ4v) is 4.30. The van der Waals surface area contributed by atoms with E-state index < -0.39 is 0 Å². The third-order valence-corrected chi connectivity index (χ3v) is 6.39. The molecule has 35 heavy (non-hydrogen) atoms. The predicted octanol–water partition coefficient (Wildman–Crippen LogP) is 4.26. The molecule has 7 heteroatoms. The first-order valence-electron chi connectivity index (χ1n) is 12.1. The van der Waals surface area contributed by atoms with E-state index in [0.29, 0.717) is 29.6 Å². The van der Waals surface area contributed by atoms with Crippen LogP contribution in [0.25, 0.3) is 5.76 Å². The van der Waals surface area contributed by atoms with Gasteiger partial charge in [0.05, 0.1) is 20.8 Å². The number of carbonyl (C=O) groups is 1. The third kappa shape index (κ3) is 6.99. The standard InChI is InChI=1S/C28H38N2O5/c1-20-16-23(17-21(2)28(20)34-15-7-9-30-12-10-29(4)11-13-30)25(8-14-31)35-27-19-24(32-5)18-26(33-6)22(27)3/h8,14,16-19H,7,9-13,15H2,1-6H3/b25-8-. The Kier molecular flexibility index (Phi) is 9.57. The summed E-state index contributed by atoms with van der Waals surface area (Å²) in [5.41, 5.74) is 3.62. The van der Waals surface area contributed by atoms with Gasteiger partial charge in [0.2, 0.25) is 0 Å². The van der Waals surface area contributed by atoms with Crippen LogP contribution in [0.1, 0.15) is 28.7 Å². The molecule has 0 aliphatic carbocycles. The minimum atomic E-state index is 0.450. The third-order valence-electron chi connectivity index (χ3n) is 6.39. The molecular weight excluding hydrogens is 444 g/mol. The molecule has 1 aliphatic heterocycles. The van der Waals surface area contributed by atoms with Gasteiger partial charge in [0.25, 0.3) is 0 Å². The Morgan fingerprint density at radius 2 is 1.60 bits per heavy atom. The highest BCUT2D eigenvalue weighted by atomic mass is 16.5. The summed E-state index contributed by atoms with van der Waals surface area (Å²) in [5, 5.41) is 0. The van der Waals surface area contributed by atoms with Crippen molar-refractivity contribution in [2.45, 2.75) is 27.2 Å². The van der Waals surface area contributed by atoms with Crippen molar-refractivity contribution < 1.29 is 23.7 Å². The molecule has 3 rings (SSSR count). The molecule has 190 valence electrons. The number of hydrogen-bond donors (Lipinski definition) is 0. The van der Waals surface area contributed by atoms with E-state index in [1.807, 2.05) is 32.9 Å². The normalized spacial score (nSPS) is 15.1. The Hall–Kier alpha value is -3.03. The van der Waals surface area contributed by atoms with Gasteiger partial charge in [0.1, 0.15) is 35.0 Å². The van der Waals surface area contributed by atoms with Gasteiger partial charge < -0.3 is 28.7 Å². The van der Waals surface area contributed by atoms with Crippen LogP contribution in [0.5, 0.6) is 23.0 Å². The molecule has 0 amide bonds. The zero-order valence-electron chi connectivity index (χ0n) is 21.8. The maximum atomic E-state index is 11.4. The van der Waals surface area contributed by atoms with E-state index in [9.17, 15) is 4.79 Å². The molecule has 0 atom stereocenters. The Morgan fingerprint density at radius 3 is 2.20 bits per heavy atom. The zero-order valence-corrected chi connectivity index (χ0v) is 21.8. The van der Waals surface area contributed by atoms with Crippen LogP contribution in [0, 0.1) is 20.8 Å². The highest BCUT2D eigenvalue weighted by Crippen LogP contribution is 2.36. The van der Waals surface area contributed by atoms with E-state index in [4.69, 9.17) is 18.9 Å². The number of methoxy groups -OCH3 is 2. The summed E-state index contributed by atoms with van der Waals surface area (Å²) in [6.07, 6.45) is 3.15. The molecule has 0 bridgehead atoms. The number of hydrogen-bond acceptors (Lipinski definition) is 7. The molecule has 1 fully saturated rings. The van der Waals surface area contributed by atoms with Crippen molar-refractivity contribution in [3.63, 3.8) is 0 Å². The number of nitrogens with zero attached hydrogens (tertiary/aromatic N) is 2. The predicted molar refractivity (Wildman–Crippen MR) is 139 cm³/mol. The van der Waals surface area contributed by atoms with Gasteiger partial charge in [0.15, 0.2) is 0 Å².